The Balaban J connectivity index is 1.66. The lowest BCUT2D eigenvalue weighted by Gasteiger charge is -2.43. The van der Waals surface area contributed by atoms with Crippen molar-refractivity contribution in [2.24, 2.45) is 0 Å². The number of amides is 1. The quantitative estimate of drug-likeness (QED) is 0.188. The van der Waals surface area contributed by atoms with Crippen molar-refractivity contribution in [3.05, 3.63) is 60.3 Å². The molecule has 46 heavy (non-hydrogen) atoms. The maximum atomic E-state index is 15.1. The van der Waals surface area contributed by atoms with Crippen LogP contribution in [0.25, 0.3) is 11.3 Å². The number of aromatic amines is 1. The van der Waals surface area contributed by atoms with Crippen LogP contribution in [0.2, 0.25) is 36.3 Å². The van der Waals surface area contributed by atoms with E-state index in [-0.39, 0.29) is 33.9 Å². The molecular formula is C34H46ClF2N3O4Si2. The largest absolute Gasteiger partial charge is 0.487 e. The van der Waals surface area contributed by atoms with Gasteiger partial charge in [0.1, 0.15) is 5.75 Å². The number of halogens is 3. The van der Waals surface area contributed by atoms with Crippen molar-refractivity contribution in [3.63, 3.8) is 0 Å². The molecule has 7 nitrogen and oxygen atoms in total. The fraction of sp³-hybridized carbons (Fsp3) is 0.529. The van der Waals surface area contributed by atoms with Crippen molar-refractivity contribution in [1.82, 2.24) is 10.2 Å². The van der Waals surface area contributed by atoms with Crippen molar-refractivity contribution < 1.29 is 27.2 Å². The number of H-pyrrole nitrogens is 1. The van der Waals surface area contributed by atoms with Crippen molar-refractivity contribution in [2.75, 3.05) is 4.90 Å². The lowest BCUT2D eigenvalue weighted by atomic mass is 9.77. The van der Waals surface area contributed by atoms with Gasteiger partial charge in [-0.05, 0) is 85.5 Å². The van der Waals surface area contributed by atoms with Crippen LogP contribution in [0.1, 0.15) is 59.9 Å². The topological polar surface area (TPSA) is 76.7 Å². The number of nitrogens with one attached hydrogen (secondary N) is 1. The van der Waals surface area contributed by atoms with Gasteiger partial charge in [0.25, 0.3) is 0 Å². The molecule has 12 heteroatoms. The summed E-state index contributed by atoms with van der Waals surface area (Å²) < 4.78 is 45.6. The number of hydrogen-bond acceptors (Lipinski definition) is 5. The Kier molecular flexibility index (Phi) is 8.72. The number of alkyl halides is 3. The number of carbonyl (C=O) groups excluding carboxylic acids is 1. The Morgan fingerprint density at radius 1 is 0.891 bits per heavy atom. The summed E-state index contributed by atoms with van der Waals surface area (Å²) in [5, 5.41) is 7.22. The molecule has 1 saturated carbocycles. The fourth-order valence-corrected chi connectivity index (χ4v) is 8.88. The third-order valence-corrected chi connectivity index (χ3v) is 19.6. The number of rotatable bonds is 8. The van der Waals surface area contributed by atoms with Crippen LogP contribution in [-0.2, 0) is 19.1 Å². The number of aromatic nitrogens is 2. The molecule has 1 aliphatic carbocycles. The molecule has 1 aliphatic heterocycles. The number of benzene rings is 2. The molecule has 0 saturated heterocycles. The van der Waals surface area contributed by atoms with E-state index >= 15 is 4.79 Å². The van der Waals surface area contributed by atoms with Gasteiger partial charge in [-0.1, -0.05) is 53.7 Å². The number of anilines is 2. The van der Waals surface area contributed by atoms with Gasteiger partial charge in [0.05, 0.1) is 29.0 Å². The van der Waals surface area contributed by atoms with Crippen LogP contribution in [0.15, 0.2) is 54.7 Å². The number of ether oxygens (including phenoxy) is 1. The highest BCUT2D eigenvalue weighted by molar-refractivity contribution is 6.74. The van der Waals surface area contributed by atoms with Crippen molar-refractivity contribution >= 4 is 45.5 Å². The molecule has 2 unspecified atom stereocenters. The zero-order valence-electron chi connectivity index (χ0n) is 28.4. The molecule has 2 aromatic carbocycles. The van der Waals surface area contributed by atoms with Crippen LogP contribution in [0.5, 0.6) is 5.75 Å². The van der Waals surface area contributed by atoms with Crippen LogP contribution in [-0.4, -0.2) is 50.5 Å². The summed E-state index contributed by atoms with van der Waals surface area (Å²) in [6, 6.07) is 13.8. The highest BCUT2D eigenvalue weighted by Gasteiger charge is 2.62. The van der Waals surface area contributed by atoms with Gasteiger partial charge in [0, 0.05) is 34.6 Å². The minimum absolute atomic E-state index is 0.0430. The lowest BCUT2D eigenvalue weighted by molar-refractivity contribution is -0.122. The van der Waals surface area contributed by atoms with Crippen molar-refractivity contribution in [1.29, 1.82) is 0 Å². The second-order valence-corrected chi connectivity index (χ2v) is 25.6. The lowest BCUT2D eigenvalue weighted by Crippen LogP contribution is -2.50. The molecular weight excluding hydrogens is 644 g/mol. The zero-order valence-corrected chi connectivity index (χ0v) is 31.2. The minimum atomic E-state index is -3.84. The van der Waals surface area contributed by atoms with Gasteiger partial charge >= 0.3 is 5.57 Å². The summed E-state index contributed by atoms with van der Waals surface area (Å²) in [5.41, 5.74) is -0.973. The van der Waals surface area contributed by atoms with Crippen LogP contribution in [0.3, 0.4) is 0 Å². The van der Waals surface area contributed by atoms with Crippen LogP contribution < -0.4 is 9.64 Å². The third kappa shape index (κ3) is 6.33. The van der Waals surface area contributed by atoms with Gasteiger partial charge in [0.2, 0.25) is 5.91 Å². The first-order valence-corrected chi connectivity index (χ1v) is 22.0. The van der Waals surface area contributed by atoms with Crippen molar-refractivity contribution in [3.8, 4) is 17.0 Å². The van der Waals surface area contributed by atoms with E-state index in [1.165, 1.54) is 12.1 Å². The molecule has 1 fully saturated rings. The molecule has 2 aliphatic rings. The van der Waals surface area contributed by atoms with Gasteiger partial charge in [-0.3, -0.25) is 14.8 Å². The standard InChI is InChI=1S/C34H46ClF2N3O4Si2/c1-31(2,3)45(7,8)43-27-20-33(21-28(27)44-46(9,10)32(4,5)6)29-24(25-18-19-38-39-25)12-11-13-26(29)40(30(33)41)22-14-16-23(17-15-22)42-34(35,36)37/h11-19,27-28H,20-21H2,1-10H3,(H,38,39). The van der Waals surface area contributed by atoms with E-state index in [4.69, 9.17) is 20.5 Å². The summed E-state index contributed by atoms with van der Waals surface area (Å²) in [7, 11) is -4.56. The van der Waals surface area contributed by atoms with Crippen LogP contribution >= 0.6 is 11.6 Å². The minimum Gasteiger partial charge on any atom is -0.420 e. The maximum absolute atomic E-state index is 15.1. The molecule has 2 atom stereocenters. The first-order valence-electron chi connectivity index (χ1n) is 15.8. The van der Waals surface area contributed by atoms with E-state index < -0.39 is 27.6 Å². The Morgan fingerprint density at radius 3 is 1.89 bits per heavy atom. The summed E-state index contributed by atoms with van der Waals surface area (Å²) in [6.07, 6.45) is 1.99. The van der Waals surface area contributed by atoms with E-state index in [2.05, 4.69) is 82.7 Å². The first-order chi connectivity index (χ1) is 21.1. The van der Waals surface area contributed by atoms with Crippen molar-refractivity contribution in [2.45, 2.75) is 114 Å². The Morgan fingerprint density at radius 2 is 1.43 bits per heavy atom. The number of nitrogens with zero attached hydrogens (tertiary/aromatic N) is 2. The van der Waals surface area contributed by atoms with E-state index in [1.807, 2.05) is 24.3 Å². The predicted octanol–water partition coefficient (Wildman–Crippen LogP) is 9.74. The van der Waals surface area contributed by atoms with Crippen LogP contribution in [0.4, 0.5) is 20.2 Å². The van der Waals surface area contributed by atoms with Gasteiger partial charge in [0.15, 0.2) is 16.6 Å². The molecule has 3 aromatic rings. The number of carbonyl (C=O) groups is 1. The van der Waals surface area contributed by atoms with Gasteiger partial charge in [-0.25, -0.2) is 0 Å². The number of hydrogen-bond donors (Lipinski definition) is 1. The van der Waals surface area contributed by atoms with Crippen LogP contribution in [0, 0.1) is 0 Å². The van der Waals surface area contributed by atoms with E-state index in [0.717, 1.165) is 22.5 Å². The van der Waals surface area contributed by atoms with E-state index in [0.29, 0.717) is 18.5 Å². The van der Waals surface area contributed by atoms with E-state index in [1.54, 1.807) is 23.2 Å². The molecule has 1 aromatic heterocycles. The highest BCUT2D eigenvalue weighted by Crippen LogP contribution is 2.58. The zero-order chi connectivity index (χ0) is 34.1. The maximum Gasteiger partial charge on any atom is 0.487 e. The molecule has 1 amide bonds. The average molecular weight is 690 g/mol. The monoisotopic (exact) mass is 689 g/mol. The Labute approximate surface area is 278 Å². The Hall–Kier alpha value is -2.58. The predicted molar refractivity (Wildman–Crippen MR) is 184 cm³/mol. The molecule has 0 radical (unpaired) electrons. The molecule has 1 N–H and O–H groups in total. The van der Waals surface area contributed by atoms with Gasteiger partial charge in [-0.15, -0.1) is 8.78 Å². The van der Waals surface area contributed by atoms with E-state index in [9.17, 15) is 8.78 Å². The molecule has 250 valence electrons. The second kappa shape index (κ2) is 11.5. The first kappa shape index (κ1) is 34.7. The molecule has 0 bridgehead atoms. The summed E-state index contributed by atoms with van der Waals surface area (Å²) >= 11 is 5.00. The highest BCUT2D eigenvalue weighted by atomic mass is 35.5. The smallest absolute Gasteiger partial charge is 0.420 e. The van der Waals surface area contributed by atoms with Gasteiger partial charge < -0.3 is 13.6 Å². The normalized spacial score (nSPS) is 22.5. The molecule has 2 heterocycles. The summed E-state index contributed by atoms with van der Waals surface area (Å²) in [4.78, 5) is 16.8. The molecule has 5 rings (SSSR count). The number of fused-ring (bicyclic) bond motifs is 2. The summed E-state index contributed by atoms with van der Waals surface area (Å²) in [6.45, 7) is 22.3. The average Bonchev–Trinajstić information content (AvgIpc) is 3.61. The SMILES string of the molecule is CC(C)(C)[Si](C)(C)OC1CC2(CC1O[Si](C)(C)C(C)(C)C)C(=O)N(c1ccc(OC(F)(F)Cl)cc1)c1cccc(-c3ccn[nH]3)c12. The Bertz CT molecular complexity index is 1540. The second-order valence-electron chi connectivity index (χ2n) is 15.7. The summed E-state index contributed by atoms with van der Waals surface area (Å²) in [5.74, 6) is -0.209. The third-order valence-electron chi connectivity index (χ3n) is 10.5. The molecule has 1 spiro atoms. The fourth-order valence-electron chi connectivity index (χ4n) is 6.10. The van der Waals surface area contributed by atoms with Gasteiger partial charge in [-0.2, -0.15) is 5.10 Å².